The molecule has 4 nitrogen and oxygen atoms in total. The van der Waals surface area contributed by atoms with E-state index in [4.69, 9.17) is 5.26 Å². The van der Waals surface area contributed by atoms with Crippen molar-refractivity contribution in [2.75, 3.05) is 5.43 Å². The molecule has 0 spiro atoms. The molecule has 0 radical (unpaired) electrons. The lowest BCUT2D eigenvalue weighted by atomic mass is 10.1. The van der Waals surface area contributed by atoms with Crippen LogP contribution in [0.4, 0.5) is 5.13 Å². The molecule has 1 aliphatic carbocycles. The molecule has 5 heteroatoms. The first-order valence-corrected chi connectivity index (χ1v) is 6.98. The van der Waals surface area contributed by atoms with E-state index in [9.17, 15) is 0 Å². The van der Waals surface area contributed by atoms with Crippen LogP contribution in [0.5, 0.6) is 0 Å². The molecule has 0 unspecified atom stereocenters. The predicted octanol–water partition coefficient (Wildman–Crippen LogP) is 3.49. The minimum absolute atomic E-state index is 0.658. The van der Waals surface area contributed by atoms with E-state index < -0.39 is 0 Å². The number of hydrazone groups is 1. The highest BCUT2D eigenvalue weighted by molar-refractivity contribution is 7.14. The Morgan fingerprint density at radius 2 is 2.16 bits per heavy atom. The van der Waals surface area contributed by atoms with Gasteiger partial charge in [0, 0.05) is 17.2 Å². The molecule has 3 rings (SSSR count). The lowest BCUT2D eigenvalue weighted by Crippen LogP contribution is -1.89. The van der Waals surface area contributed by atoms with Crippen LogP contribution >= 0.6 is 11.3 Å². The van der Waals surface area contributed by atoms with Gasteiger partial charge in [0.1, 0.15) is 0 Å². The minimum Gasteiger partial charge on any atom is -0.253 e. The van der Waals surface area contributed by atoms with Gasteiger partial charge >= 0.3 is 0 Å². The van der Waals surface area contributed by atoms with E-state index in [0.717, 1.165) is 16.4 Å². The van der Waals surface area contributed by atoms with Crippen LogP contribution in [0, 0.1) is 17.2 Å². The number of nitrogens with zero attached hydrogens (tertiary/aromatic N) is 3. The Morgan fingerprint density at radius 1 is 1.37 bits per heavy atom. The summed E-state index contributed by atoms with van der Waals surface area (Å²) in [5, 5.41) is 15.7. The van der Waals surface area contributed by atoms with E-state index in [0.29, 0.717) is 11.5 Å². The highest BCUT2D eigenvalue weighted by Gasteiger charge is 2.18. The molecular weight excluding hydrogens is 256 g/mol. The molecule has 1 heterocycles. The van der Waals surface area contributed by atoms with Crippen LogP contribution in [-0.2, 0) is 0 Å². The van der Waals surface area contributed by atoms with Crippen molar-refractivity contribution in [1.29, 1.82) is 5.26 Å². The summed E-state index contributed by atoms with van der Waals surface area (Å²) in [6, 6.07) is 9.52. The number of nitriles is 1. The fourth-order valence-corrected chi connectivity index (χ4v) is 2.28. The molecule has 94 valence electrons. The van der Waals surface area contributed by atoms with Gasteiger partial charge in [-0.25, -0.2) is 4.98 Å². The summed E-state index contributed by atoms with van der Waals surface area (Å²) in [7, 11) is 0. The fraction of sp³-hybridized carbons (Fsp3) is 0.214. The molecule has 2 aromatic rings. The number of hydrogen-bond acceptors (Lipinski definition) is 5. The van der Waals surface area contributed by atoms with Crippen molar-refractivity contribution < 1.29 is 0 Å². The Balaban J connectivity index is 1.70. The molecule has 0 saturated heterocycles. The lowest BCUT2D eigenvalue weighted by molar-refractivity contribution is 1.19. The standard InChI is InChI=1S/C14H12N4S/c15-7-10-3-5-12(6-4-10)13-9-19-14(17-13)18-16-8-11-1-2-11/h3-6,8-9,11H,1-2H2,(H,17,18)/b16-8+. The molecule has 1 aromatic heterocycles. The summed E-state index contributed by atoms with van der Waals surface area (Å²) in [4.78, 5) is 4.46. The SMILES string of the molecule is N#Cc1ccc(-c2csc(N/N=C/C3CC3)n2)cc1. The first kappa shape index (κ1) is 11.9. The number of anilines is 1. The van der Waals surface area contributed by atoms with E-state index >= 15 is 0 Å². The topological polar surface area (TPSA) is 61.1 Å². The van der Waals surface area contributed by atoms with Gasteiger partial charge in [-0.3, -0.25) is 5.43 Å². The number of hydrogen-bond donors (Lipinski definition) is 1. The first-order valence-electron chi connectivity index (χ1n) is 6.10. The van der Waals surface area contributed by atoms with Crippen LogP contribution in [0.2, 0.25) is 0 Å². The predicted molar refractivity (Wildman–Crippen MR) is 77.1 cm³/mol. The zero-order valence-corrected chi connectivity index (χ0v) is 11.0. The van der Waals surface area contributed by atoms with E-state index in [1.165, 1.54) is 24.2 Å². The number of benzene rings is 1. The second kappa shape index (κ2) is 5.21. The maximum absolute atomic E-state index is 8.76. The minimum atomic E-state index is 0.658. The fourth-order valence-electron chi connectivity index (χ4n) is 1.62. The van der Waals surface area contributed by atoms with Gasteiger partial charge in [0.15, 0.2) is 0 Å². The Hall–Kier alpha value is -2.19. The van der Waals surface area contributed by atoms with Crippen LogP contribution in [0.3, 0.4) is 0 Å². The van der Waals surface area contributed by atoms with Crippen molar-refractivity contribution in [2.45, 2.75) is 12.8 Å². The third-order valence-electron chi connectivity index (χ3n) is 2.88. The molecule has 19 heavy (non-hydrogen) atoms. The Kier molecular flexibility index (Phi) is 3.25. The molecule has 1 saturated carbocycles. The van der Waals surface area contributed by atoms with Gasteiger partial charge in [0.25, 0.3) is 0 Å². The Morgan fingerprint density at radius 3 is 2.84 bits per heavy atom. The second-order valence-corrected chi connectivity index (χ2v) is 5.31. The van der Waals surface area contributed by atoms with Crippen molar-refractivity contribution in [2.24, 2.45) is 11.0 Å². The number of nitrogens with one attached hydrogen (secondary N) is 1. The van der Waals surface area contributed by atoms with Crippen molar-refractivity contribution in [1.82, 2.24) is 4.98 Å². The van der Waals surface area contributed by atoms with Gasteiger partial charge in [0.2, 0.25) is 5.13 Å². The quantitative estimate of drug-likeness (QED) is 0.682. The highest BCUT2D eigenvalue weighted by Crippen LogP contribution is 2.27. The summed E-state index contributed by atoms with van der Waals surface area (Å²) in [5.41, 5.74) is 5.52. The average molecular weight is 268 g/mol. The van der Waals surface area contributed by atoms with Crippen LogP contribution in [0.15, 0.2) is 34.7 Å². The van der Waals surface area contributed by atoms with E-state index in [1.807, 2.05) is 23.7 Å². The van der Waals surface area contributed by atoms with Crippen molar-refractivity contribution in [3.05, 3.63) is 35.2 Å². The normalized spacial score (nSPS) is 14.5. The van der Waals surface area contributed by atoms with Crippen LogP contribution in [-0.4, -0.2) is 11.2 Å². The maximum Gasteiger partial charge on any atom is 0.203 e. The zero-order valence-electron chi connectivity index (χ0n) is 10.2. The number of aromatic nitrogens is 1. The third-order valence-corrected chi connectivity index (χ3v) is 3.63. The Labute approximate surface area is 115 Å². The molecule has 1 aromatic carbocycles. The van der Waals surface area contributed by atoms with Crippen molar-refractivity contribution in [3.8, 4) is 17.3 Å². The first-order chi connectivity index (χ1) is 9.35. The van der Waals surface area contributed by atoms with Crippen molar-refractivity contribution >= 4 is 22.7 Å². The molecule has 1 aliphatic rings. The summed E-state index contributed by atoms with van der Waals surface area (Å²) in [6.07, 6.45) is 4.45. The van der Waals surface area contributed by atoms with E-state index in [-0.39, 0.29) is 0 Å². The lowest BCUT2D eigenvalue weighted by Gasteiger charge is -1.96. The van der Waals surface area contributed by atoms with Gasteiger partial charge in [-0.05, 0) is 30.9 Å². The molecule has 0 bridgehead atoms. The summed E-state index contributed by atoms with van der Waals surface area (Å²) in [6.45, 7) is 0. The highest BCUT2D eigenvalue weighted by atomic mass is 32.1. The van der Waals surface area contributed by atoms with Gasteiger partial charge in [-0.1, -0.05) is 12.1 Å². The van der Waals surface area contributed by atoms with Crippen LogP contribution in [0.1, 0.15) is 18.4 Å². The molecule has 1 fully saturated rings. The van der Waals surface area contributed by atoms with Gasteiger partial charge in [-0.2, -0.15) is 10.4 Å². The van der Waals surface area contributed by atoms with E-state index in [2.05, 4.69) is 21.6 Å². The summed E-state index contributed by atoms with van der Waals surface area (Å²) >= 11 is 1.53. The second-order valence-electron chi connectivity index (χ2n) is 4.45. The molecule has 0 atom stereocenters. The number of rotatable bonds is 4. The summed E-state index contributed by atoms with van der Waals surface area (Å²) < 4.78 is 0. The molecular formula is C14H12N4S. The van der Waals surface area contributed by atoms with Gasteiger partial charge < -0.3 is 0 Å². The maximum atomic E-state index is 8.76. The zero-order chi connectivity index (χ0) is 13.1. The van der Waals surface area contributed by atoms with Crippen LogP contribution in [0.25, 0.3) is 11.3 Å². The average Bonchev–Trinajstić information content (AvgIpc) is 3.15. The largest absolute Gasteiger partial charge is 0.253 e. The monoisotopic (exact) mass is 268 g/mol. The third kappa shape index (κ3) is 2.98. The molecule has 0 aliphatic heterocycles. The summed E-state index contributed by atoms with van der Waals surface area (Å²) in [5.74, 6) is 0.658. The van der Waals surface area contributed by atoms with Crippen LogP contribution < -0.4 is 5.43 Å². The van der Waals surface area contributed by atoms with Crippen molar-refractivity contribution in [3.63, 3.8) is 0 Å². The van der Waals surface area contributed by atoms with E-state index in [1.54, 1.807) is 12.1 Å². The molecule has 0 amide bonds. The Bertz CT molecular complexity index is 632. The van der Waals surface area contributed by atoms with Gasteiger partial charge in [-0.15, -0.1) is 11.3 Å². The number of thiazole rings is 1. The molecule has 1 N–H and O–H groups in total. The van der Waals surface area contributed by atoms with Gasteiger partial charge in [0.05, 0.1) is 17.3 Å². The smallest absolute Gasteiger partial charge is 0.203 e.